The summed E-state index contributed by atoms with van der Waals surface area (Å²) in [5.74, 6) is -0.643. The Labute approximate surface area is 211 Å². The zero-order valence-electron chi connectivity index (χ0n) is 18.6. The number of nitrogens with two attached hydrogens (primary N) is 1. The van der Waals surface area contributed by atoms with E-state index >= 15 is 0 Å². The van der Waals surface area contributed by atoms with Crippen molar-refractivity contribution in [3.63, 3.8) is 0 Å². The van der Waals surface area contributed by atoms with Gasteiger partial charge in [0.1, 0.15) is 12.3 Å². The number of aryl methyl sites for hydroxylation is 1. The summed E-state index contributed by atoms with van der Waals surface area (Å²) < 4.78 is 17.8. The first-order chi connectivity index (χ1) is 16.1. The molecule has 34 heavy (non-hydrogen) atoms. The molecule has 182 valence electrons. The maximum absolute atomic E-state index is 14.2. The van der Waals surface area contributed by atoms with E-state index in [0.717, 1.165) is 11.1 Å². The number of carbonyl (C=O) groups is 2. The van der Waals surface area contributed by atoms with Crippen LogP contribution in [0, 0.1) is 12.7 Å². The molecule has 0 radical (unpaired) electrons. The fourth-order valence-corrected chi connectivity index (χ4v) is 2.71. The highest BCUT2D eigenvalue weighted by atomic mass is 35.6. The predicted molar refractivity (Wildman–Crippen MR) is 132 cm³/mol. The third-order valence-corrected chi connectivity index (χ3v) is 4.16. The fourth-order valence-electron chi connectivity index (χ4n) is 2.55. The number of ether oxygens (including phenoxy) is 1. The Kier molecular flexibility index (Phi) is 12.4. The summed E-state index contributed by atoms with van der Waals surface area (Å²) in [6, 6.07) is 7.96. The summed E-state index contributed by atoms with van der Waals surface area (Å²) in [6.45, 7) is 1.43. The molecule has 3 N–H and O–H groups in total. The van der Waals surface area contributed by atoms with Crippen LogP contribution >= 0.6 is 34.8 Å². The maximum Gasteiger partial charge on any atom is 0.223 e. The molecule has 1 amide bonds. The van der Waals surface area contributed by atoms with Crippen molar-refractivity contribution < 1.29 is 18.7 Å². The number of benzene rings is 1. The molecule has 2 aromatic heterocycles. The number of aldehydes is 1. The van der Waals surface area contributed by atoms with Crippen LogP contribution in [-0.4, -0.2) is 52.4 Å². The normalized spacial score (nSPS) is 10.2. The summed E-state index contributed by atoms with van der Waals surface area (Å²) in [4.78, 5) is 23.5. The lowest BCUT2D eigenvalue weighted by Crippen LogP contribution is -2.16. The van der Waals surface area contributed by atoms with Crippen LogP contribution in [0.5, 0.6) is 5.75 Å². The van der Waals surface area contributed by atoms with E-state index in [1.807, 2.05) is 14.1 Å². The summed E-state index contributed by atoms with van der Waals surface area (Å²) in [6.07, 6.45) is 4.01. The van der Waals surface area contributed by atoms with Crippen LogP contribution in [0.25, 0.3) is 22.4 Å². The number of nitrogens with one attached hydrogen (secondary N) is 1. The lowest BCUT2D eigenvalue weighted by atomic mass is 10.0. The minimum atomic E-state index is -1.67. The van der Waals surface area contributed by atoms with Crippen molar-refractivity contribution in [1.82, 2.24) is 20.5 Å². The lowest BCUT2D eigenvalue weighted by molar-refractivity contribution is -0.106. The second-order valence-electron chi connectivity index (χ2n) is 6.55. The Bertz CT molecular complexity index is 1100. The number of amides is 1. The van der Waals surface area contributed by atoms with Crippen LogP contribution in [0.2, 0.25) is 0 Å². The molecule has 1 aromatic carbocycles. The molecular formula is C22H23Cl3FN5O3. The zero-order chi connectivity index (χ0) is 25.7. The highest BCUT2D eigenvalue weighted by Crippen LogP contribution is 2.33. The summed E-state index contributed by atoms with van der Waals surface area (Å²) in [7, 11) is 3.75. The smallest absolute Gasteiger partial charge is 0.223 e. The quantitative estimate of drug-likeness (QED) is 0.375. The van der Waals surface area contributed by atoms with Gasteiger partial charge in [-0.1, -0.05) is 34.8 Å². The number of hydrogen-bond acceptors (Lipinski definition) is 7. The average Bonchev–Trinajstić information content (AvgIpc) is 2.79. The average molecular weight is 531 g/mol. The molecule has 0 unspecified atom stereocenters. The molecule has 0 saturated carbocycles. The number of primary amides is 1. The van der Waals surface area contributed by atoms with Crippen LogP contribution in [0.1, 0.15) is 16.1 Å². The van der Waals surface area contributed by atoms with Crippen molar-refractivity contribution in [1.29, 1.82) is 0 Å². The van der Waals surface area contributed by atoms with E-state index in [9.17, 15) is 9.18 Å². The third-order valence-electron chi connectivity index (χ3n) is 3.84. The number of hydrogen-bond donors (Lipinski definition) is 2. The number of carbonyl (C=O) groups excluding carboxylic acids is 2. The molecule has 0 fully saturated rings. The molecular weight excluding hydrogens is 508 g/mol. The third kappa shape index (κ3) is 9.56. The standard InChI is InChI=1S/C19H13Cl3FN3O2.C2H7N.CH3NO/c1-11-4-16(23)18(28-10-19(20,21)22)7-15(11)17-6-13(8-25-26-17)12-2-3-24-14(5-12)9-27;1-3-2;2-1-3/h2-9H,10H2,1H3;3H,1-2H3;1H,(H2,2,3). The van der Waals surface area contributed by atoms with E-state index in [2.05, 4.69) is 26.2 Å². The molecule has 8 nitrogen and oxygen atoms in total. The SMILES string of the molecule is CNC.Cc1cc(F)c(OCC(Cl)(Cl)Cl)cc1-c1cc(-c2ccnc(C=O)c2)cnn1.NC=O. The fraction of sp³-hybridized carbons (Fsp3) is 0.227. The van der Waals surface area contributed by atoms with E-state index in [1.54, 1.807) is 31.3 Å². The number of rotatable bonds is 5. The van der Waals surface area contributed by atoms with Crippen molar-refractivity contribution in [3.05, 3.63) is 59.8 Å². The van der Waals surface area contributed by atoms with Gasteiger partial charge in [0.15, 0.2) is 17.9 Å². The monoisotopic (exact) mass is 529 g/mol. The molecule has 3 rings (SSSR count). The van der Waals surface area contributed by atoms with E-state index in [4.69, 9.17) is 44.3 Å². The first kappa shape index (κ1) is 29.2. The molecule has 0 aliphatic carbocycles. The Morgan fingerprint density at radius 3 is 2.38 bits per heavy atom. The summed E-state index contributed by atoms with van der Waals surface area (Å²) in [5.41, 5.74) is 7.69. The van der Waals surface area contributed by atoms with Crippen molar-refractivity contribution >= 4 is 47.5 Å². The Morgan fingerprint density at radius 1 is 1.15 bits per heavy atom. The van der Waals surface area contributed by atoms with Gasteiger partial charge in [-0.05, 0) is 62.5 Å². The van der Waals surface area contributed by atoms with Crippen molar-refractivity contribution in [2.75, 3.05) is 20.7 Å². The summed E-state index contributed by atoms with van der Waals surface area (Å²) >= 11 is 17.0. The van der Waals surface area contributed by atoms with Gasteiger partial charge in [0.05, 0.1) is 11.9 Å². The number of aromatic nitrogens is 3. The van der Waals surface area contributed by atoms with Gasteiger partial charge in [-0.25, -0.2) is 4.39 Å². The second kappa shape index (κ2) is 14.4. The van der Waals surface area contributed by atoms with Gasteiger partial charge in [-0.3, -0.25) is 14.6 Å². The van der Waals surface area contributed by atoms with Gasteiger partial charge in [0, 0.05) is 17.3 Å². The van der Waals surface area contributed by atoms with E-state index in [-0.39, 0.29) is 18.8 Å². The Hall–Kier alpha value is -2.85. The largest absolute Gasteiger partial charge is 0.486 e. The minimum absolute atomic E-state index is 0.0636. The second-order valence-corrected chi connectivity index (χ2v) is 9.07. The zero-order valence-corrected chi connectivity index (χ0v) is 20.8. The molecule has 0 aliphatic heterocycles. The molecule has 12 heteroatoms. The molecule has 0 spiro atoms. The van der Waals surface area contributed by atoms with Crippen LogP contribution in [0.3, 0.4) is 0 Å². The first-order valence-electron chi connectivity index (χ1n) is 9.58. The van der Waals surface area contributed by atoms with E-state index in [1.165, 1.54) is 18.3 Å². The molecule has 0 bridgehead atoms. The number of pyridine rings is 1. The van der Waals surface area contributed by atoms with Crippen molar-refractivity contribution in [3.8, 4) is 28.1 Å². The number of nitrogens with zero attached hydrogens (tertiary/aromatic N) is 3. The Balaban J connectivity index is 0.000000872. The molecule has 2 heterocycles. The van der Waals surface area contributed by atoms with Gasteiger partial charge in [0.25, 0.3) is 0 Å². The van der Waals surface area contributed by atoms with Crippen molar-refractivity contribution in [2.24, 2.45) is 5.73 Å². The highest BCUT2D eigenvalue weighted by Gasteiger charge is 2.22. The number of alkyl halides is 3. The van der Waals surface area contributed by atoms with Gasteiger partial charge in [0.2, 0.25) is 10.2 Å². The molecule has 3 aromatic rings. The van der Waals surface area contributed by atoms with Crippen LogP contribution in [0.15, 0.2) is 42.7 Å². The molecule has 0 aliphatic rings. The van der Waals surface area contributed by atoms with Crippen LogP contribution < -0.4 is 15.8 Å². The topological polar surface area (TPSA) is 120 Å². The van der Waals surface area contributed by atoms with Gasteiger partial charge in [-0.2, -0.15) is 10.2 Å². The minimum Gasteiger partial charge on any atom is -0.486 e. The van der Waals surface area contributed by atoms with E-state index < -0.39 is 9.61 Å². The van der Waals surface area contributed by atoms with Crippen molar-refractivity contribution in [2.45, 2.75) is 10.7 Å². The maximum atomic E-state index is 14.2. The molecule has 0 atom stereocenters. The van der Waals surface area contributed by atoms with Gasteiger partial charge >= 0.3 is 0 Å². The summed E-state index contributed by atoms with van der Waals surface area (Å²) in [5, 5.41) is 10.9. The highest BCUT2D eigenvalue weighted by molar-refractivity contribution is 6.67. The van der Waals surface area contributed by atoms with Gasteiger partial charge in [-0.15, -0.1) is 0 Å². The first-order valence-corrected chi connectivity index (χ1v) is 10.7. The predicted octanol–water partition coefficient (Wildman–Crippen LogP) is 4.15. The van der Waals surface area contributed by atoms with E-state index in [0.29, 0.717) is 28.8 Å². The number of halogens is 4. The van der Waals surface area contributed by atoms with Crippen LogP contribution in [-0.2, 0) is 4.79 Å². The molecule has 0 saturated heterocycles. The van der Waals surface area contributed by atoms with Crippen LogP contribution in [0.4, 0.5) is 4.39 Å². The lowest BCUT2D eigenvalue weighted by Gasteiger charge is -2.15. The Morgan fingerprint density at radius 2 is 1.79 bits per heavy atom. The van der Waals surface area contributed by atoms with Gasteiger partial charge < -0.3 is 15.8 Å².